The van der Waals surface area contributed by atoms with Gasteiger partial charge in [-0.25, -0.2) is 13.4 Å². The maximum Gasteiger partial charge on any atom is 0.323 e. The van der Waals surface area contributed by atoms with Gasteiger partial charge in [0.2, 0.25) is 10.0 Å². The predicted molar refractivity (Wildman–Crippen MR) is 149 cm³/mol. The van der Waals surface area contributed by atoms with Crippen LogP contribution in [-0.2, 0) is 32.5 Å². The zero-order chi connectivity index (χ0) is 26.4. The van der Waals surface area contributed by atoms with Crippen LogP contribution in [0.15, 0.2) is 65.1 Å². The van der Waals surface area contributed by atoms with Gasteiger partial charge >= 0.3 is 5.97 Å². The normalized spacial score (nSPS) is 17.8. The number of anilines is 1. The number of carbonyl (C=O) groups excluding carboxylic acids is 1. The monoisotopic (exact) mass is 636 g/mol. The van der Waals surface area contributed by atoms with Gasteiger partial charge < -0.3 is 15.7 Å². The number of allylic oxidation sites excluding steroid dienone is 2. The number of carbonyl (C=O) groups is 2. The fourth-order valence-corrected chi connectivity index (χ4v) is 5.78. The van der Waals surface area contributed by atoms with Crippen molar-refractivity contribution in [2.75, 3.05) is 18.4 Å². The maximum absolute atomic E-state index is 12.6. The Labute approximate surface area is 230 Å². The average molecular weight is 637 g/mol. The molecule has 1 aromatic carbocycles. The van der Waals surface area contributed by atoms with Gasteiger partial charge in [-0.15, -0.1) is 0 Å². The first-order valence-corrected chi connectivity index (χ1v) is 14.7. The first-order chi connectivity index (χ1) is 17.7. The van der Waals surface area contributed by atoms with Gasteiger partial charge in [0, 0.05) is 27.9 Å². The highest BCUT2D eigenvalue weighted by Crippen LogP contribution is 2.24. The third-order valence-corrected chi connectivity index (χ3v) is 8.57. The minimum absolute atomic E-state index is 0.0451. The first-order valence-electron chi connectivity index (χ1n) is 12.1. The van der Waals surface area contributed by atoms with Crippen molar-refractivity contribution in [1.82, 2.24) is 15.0 Å². The molecule has 1 aromatic heterocycles. The lowest BCUT2D eigenvalue weighted by molar-refractivity contribution is -0.138. The summed E-state index contributed by atoms with van der Waals surface area (Å²) in [6.45, 7) is 0.570. The number of aliphatic carboxylic acids is 1. The van der Waals surface area contributed by atoms with E-state index in [0.29, 0.717) is 12.0 Å². The number of rotatable bonds is 10. The number of hydrogen-bond donors (Lipinski definition) is 4. The Morgan fingerprint density at radius 2 is 1.97 bits per heavy atom. The van der Waals surface area contributed by atoms with Crippen LogP contribution in [-0.4, -0.2) is 49.5 Å². The van der Waals surface area contributed by atoms with Crippen LogP contribution in [0, 0.1) is 9.49 Å². The van der Waals surface area contributed by atoms with Crippen LogP contribution in [0.4, 0.5) is 5.82 Å². The van der Waals surface area contributed by atoms with Crippen molar-refractivity contribution in [1.29, 1.82) is 0 Å². The van der Waals surface area contributed by atoms with Crippen LogP contribution in [0.3, 0.4) is 0 Å². The summed E-state index contributed by atoms with van der Waals surface area (Å²) in [5.74, 6) is -0.567. The van der Waals surface area contributed by atoms with Gasteiger partial charge in [0.15, 0.2) is 0 Å². The quantitative estimate of drug-likeness (QED) is 0.295. The summed E-state index contributed by atoms with van der Waals surface area (Å²) < 4.78 is 28.1. The molecule has 0 fully saturated rings. The number of amides is 1. The lowest BCUT2D eigenvalue weighted by Crippen LogP contribution is -2.48. The molecule has 196 valence electrons. The molecule has 0 radical (unpaired) electrons. The highest BCUT2D eigenvalue weighted by atomic mass is 127. The molecule has 1 amide bonds. The molecule has 0 spiro atoms. The molecule has 2 atom stereocenters. The molecule has 2 heterocycles. The Bertz CT molecular complexity index is 1320. The largest absolute Gasteiger partial charge is 0.480 e. The number of nitrogens with zero attached hydrogens (tertiary/aromatic N) is 1. The molecular weight excluding hydrogens is 607 g/mol. The lowest BCUT2D eigenvalue weighted by Gasteiger charge is -2.19. The Hall–Kier alpha value is -2.77. The molecule has 0 saturated carbocycles. The van der Waals surface area contributed by atoms with E-state index in [0.717, 1.165) is 47.3 Å². The number of benzene rings is 1. The topological polar surface area (TPSA) is 137 Å². The van der Waals surface area contributed by atoms with Crippen LogP contribution in [0.5, 0.6) is 0 Å². The SMILES string of the molecule is O=C(NC[C@H](NS(=O)(=O)c1ccc(I)cc1)C(=O)O)C1=CCC(CCc2ccc3c(n2)NCCC3)C=C1. The van der Waals surface area contributed by atoms with E-state index in [-0.39, 0.29) is 17.4 Å². The number of aromatic nitrogens is 1. The summed E-state index contributed by atoms with van der Waals surface area (Å²) >= 11 is 2.04. The number of hydrogen-bond acceptors (Lipinski definition) is 6. The molecule has 1 aliphatic heterocycles. The average Bonchev–Trinajstić information content (AvgIpc) is 2.90. The second kappa shape index (κ2) is 12.2. The molecule has 9 nitrogen and oxygen atoms in total. The van der Waals surface area contributed by atoms with E-state index in [1.165, 1.54) is 17.7 Å². The fourth-order valence-electron chi connectivity index (χ4n) is 4.23. The minimum Gasteiger partial charge on any atom is -0.480 e. The number of fused-ring (bicyclic) bond motifs is 1. The molecule has 11 heteroatoms. The minimum atomic E-state index is -4.06. The van der Waals surface area contributed by atoms with E-state index < -0.39 is 27.9 Å². The van der Waals surface area contributed by atoms with Crippen molar-refractivity contribution in [3.8, 4) is 0 Å². The van der Waals surface area contributed by atoms with Gasteiger partial charge in [-0.05, 0) is 96.5 Å². The van der Waals surface area contributed by atoms with Crippen LogP contribution >= 0.6 is 22.6 Å². The van der Waals surface area contributed by atoms with Gasteiger partial charge in [-0.1, -0.05) is 24.3 Å². The van der Waals surface area contributed by atoms with E-state index in [9.17, 15) is 23.1 Å². The van der Waals surface area contributed by atoms with Crippen molar-refractivity contribution in [3.05, 3.63) is 75.0 Å². The van der Waals surface area contributed by atoms with Gasteiger partial charge in [0.1, 0.15) is 11.9 Å². The summed E-state index contributed by atoms with van der Waals surface area (Å²) in [6, 6.07) is 8.74. The second-order valence-electron chi connectivity index (χ2n) is 9.07. The van der Waals surface area contributed by atoms with Crippen LogP contribution in [0.25, 0.3) is 0 Å². The van der Waals surface area contributed by atoms with Crippen molar-refractivity contribution in [2.45, 2.75) is 43.0 Å². The smallest absolute Gasteiger partial charge is 0.323 e. The van der Waals surface area contributed by atoms with Crippen molar-refractivity contribution in [3.63, 3.8) is 0 Å². The zero-order valence-corrected chi connectivity index (χ0v) is 23.1. The molecule has 0 bridgehead atoms. The van der Waals surface area contributed by atoms with Gasteiger partial charge in [-0.3, -0.25) is 9.59 Å². The molecule has 0 saturated heterocycles. The Kier molecular flexibility index (Phi) is 8.98. The van der Waals surface area contributed by atoms with E-state index in [1.54, 1.807) is 18.2 Å². The van der Waals surface area contributed by atoms with Crippen LogP contribution < -0.4 is 15.4 Å². The highest BCUT2D eigenvalue weighted by molar-refractivity contribution is 14.1. The van der Waals surface area contributed by atoms with Crippen LogP contribution in [0.1, 0.15) is 30.5 Å². The van der Waals surface area contributed by atoms with E-state index in [2.05, 4.69) is 27.5 Å². The fraction of sp³-hybridized carbons (Fsp3) is 0.346. The van der Waals surface area contributed by atoms with Gasteiger partial charge in [-0.2, -0.15) is 4.72 Å². The molecule has 2 aromatic rings. The number of aryl methyl sites for hydroxylation is 2. The third kappa shape index (κ3) is 7.39. The summed E-state index contributed by atoms with van der Waals surface area (Å²) in [5, 5.41) is 15.4. The summed E-state index contributed by atoms with van der Waals surface area (Å²) in [5.41, 5.74) is 2.73. The zero-order valence-electron chi connectivity index (χ0n) is 20.1. The van der Waals surface area contributed by atoms with E-state index in [4.69, 9.17) is 4.98 Å². The summed E-state index contributed by atoms with van der Waals surface area (Å²) in [7, 11) is -4.06. The number of nitrogens with one attached hydrogen (secondary N) is 3. The van der Waals surface area contributed by atoms with Crippen molar-refractivity contribution >= 4 is 50.3 Å². The van der Waals surface area contributed by atoms with E-state index >= 15 is 0 Å². The summed E-state index contributed by atoms with van der Waals surface area (Å²) in [4.78, 5) is 28.9. The summed E-state index contributed by atoms with van der Waals surface area (Å²) in [6.07, 6.45) is 10.1. The van der Waals surface area contributed by atoms with Crippen LogP contribution in [0.2, 0.25) is 0 Å². The molecule has 4 N–H and O–H groups in total. The van der Waals surface area contributed by atoms with Crippen molar-refractivity contribution in [2.24, 2.45) is 5.92 Å². The molecule has 1 aliphatic carbocycles. The molecule has 1 unspecified atom stereocenters. The Morgan fingerprint density at radius 3 is 2.68 bits per heavy atom. The number of carboxylic acids is 1. The highest BCUT2D eigenvalue weighted by Gasteiger charge is 2.26. The Balaban J connectivity index is 1.26. The Morgan fingerprint density at radius 1 is 1.19 bits per heavy atom. The predicted octanol–water partition coefficient (Wildman–Crippen LogP) is 3.03. The number of carboxylic acid groups (broad SMARTS) is 1. The van der Waals surface area contributed by atoms with Crippen molar-refractivity contribution < 1.29 is 23.1 Å². The number of halogens is 1. The number of sulfonamides is 1. The molecular formula is C26H29IN4O5S. The molecule has 4 rings (SSSR count). The first kappa shape index (κ1) is 27.3. The number of pyridine rings is 1. The molecule has 37 heavy (non-hydrogen) atoms. The standard InChI is InChI=1S/C26H29IN4O5S/c27-20-9-13-22(14-10-20)37(35,36)31-23(26(33)34)16-29-25(32)19-6-3-17(4-7-19)5-11-21-12-8-18-2-1-15-28-24(18)30-21/h3,6-10,12-14,17,23,31H,1-2,4-5,11,15-16H2,(H,28,30)(H,29,32)(H,33,34)/t17?,23-/m0/s1. The maximum atomic E-state index is 12.6. The molecule has 2 aliphatic rings. The van der Waals surface area contributed by atoms with Gasteiger partial charge in [0.25, 0.3) is 5.91 Å². The van der Waals surface area contributed by atoms with E-state index in [1.807, 2.05) is 34.7 Å². The van der Waals surface area contributed by atoms with Gasteiger partial charge in [0.05, 0.1) is 4.90 Å². The third-order valence-electron chi connectivity index (χ3n) is 6.36. The second-order valence-corrected chi connectivity index (χ2v) is 12.0. The lowest BCUT2D eigenvalue weighted by atomic mass is 9.91.